The second-order valence-electron chi connectivity index (χ2n) is 6.19. The number of hydrogen-bond donors (Lipinski definition) is 1. The molecular weight excluding hydrogens is 330 g/mol. The number of sulfonamides is 1. The third-order valence-corrected chi connectivity index (χ3v) is 6.15. The molecule has 0 aromatic carbocycles. The predicted molar refractivity (Wildman–Crippen MR) is 87.9 cm³/mol. The molecule has 1 aliphatic rings. The van der Waals surface area contributed by atoms with Gasteiger partial charge in [-0.3, -0.25) is 9.36 Å². The Morgan fingerprint density at radius 1 is 1.33 bits per heavy atom. The van der Waals surface area contributed by atoms with E-state index in [-0.39, 0.29) is 17.0 Å². The lowest BCUT2D eigenvalue weighted by molar-refractivity contribution is 0.0906. The summed E-state index contributed by atoms with van der Waals surface area (Å²) < 4.78 is 36.6. The summed E-state index contributed by atoms with van der Waals surface area (Å²) in [6.45, 7) is 4.91. The molecule has 0 bridgehead atoms. The first-order chi connectivity index (χ1) is 11.3. The number of nitrogens with one attached hydrogen (secondary N) is 1. The normalized spacial score (nSPS) is 21.5. The molecule has 8 nitrogen and oxygen atoms in total. The Balaban J connectivity index is 1.77. The van der Waals surface area contributed by atoms with E-state index in [0.29, 0.717) is 13.2 Å². The van der Waals surface area contributed by atoms with Crippen LogP contribution in [0.2, 0.25) is 0 Å². The maximum atomic E-state index is 12.4. The number of nitrogens with zero attached hydrogens (tertiary/aromatic N) is 4. The fourth-order valence-corrected chi connectivity index (χ4v) is 4.50. The number of hydrogen-bond acceptors (Lipinski definition) is 5. The van der Waals surface area contributed by atoms with Crippen molar-refractivity contribution in [3.63, 3.8) is 0 Å². The largest absolute Gasteiger partial charge is 0.373 e. The molecule has 2 aromatic rings. The standard InChI is InChI=1S/C15H23N5O3S/c1-10-14(11(2)19(3)18-10)15-12(6-8-23-15)9-17-24(21,22)13-5-7-16-20(13)4/h5,7,12,15,17H,6,8-9H2,1-4H3/t12-,15+/m1/s1. The van der Waals surface area contributed by atoms with E-state index in [1.54, 1.807) is 7.05 Å². The van der Waals surface area contributed by atoms with E-state index >= 15 is 0 Å². The van der Waals surface area contributed by atoms with E-state index < -0.39 is 10.0 Å². The van der Waals surface area contributed by atoms with Gasteiger partial charge < -0.3 is 4.74 Å². The first kappa shape index (κ1) is 17.1. The second-order valence-corrected chi connectivity index (χ2v) is 7.91. The quantitative estimate of drug-likeness (QED) is 0.860. The van der Waals surface area contributed by atoms with Crippen molar-refractivity contribution in [2.45, 2.75) is 31.4 Å². The molecule has 0 saturated carbocycles. The van der Waals surface area contributed by atoms with Crippen molar-refractivity contribution in [3.05, 3.63) is 29.2 Å². The van der Waals surface area contributed by atoms with Gasteiger partial charge in [0.05, 0.1) is 18.0 Å². The average molecular weight is 353 g/mol. The summed E-state index contributed by atoms with van der Waals surface area (Å²) in [7, 11) is -0.0685. The molecule has 0 unspecified atom stereocenters. The summed E-state index contributed by atoms with van der Waals surface area (Å²) in [5.74, 6) is 0.0783. The SMILES string of the molecule is Cc1nn(C)c(C)c1[C@H]1OCC[C@@H]1CNS(=O)(=O)c1ccnn1C. The van der Waals surface area contributed by atoms with Crippen LogP contribution in [-0.2, 0) is 28.9 Å². The van der Waals surface area contributed by atoms with Crippen molar-refractivity contribution in [2.24, 2.45) is 20.0 Å². The summed E-state index contributed by atoms with van der Waals surface area (Å²) >= 11 is 0. The molecule has 132 valence electrons. The molecule has 0 aliphatic carbocycles. The fraction of sp³-hybridized carbons (Fsp3) is 0.600. The van der Waals surface area contributed by atoms with Gasteiger partial charge in [0, 0.05) is 44.4 Å². The Bertz CT molecular complexity index is 839. The molecule has 0 spiro atoms. The number of aromatic nitrogens is 4. The van der Waals surface area contributed by atoms with Gasteiger partial charge in [0.25, 0.3) is 10.0 Å². The molecule has 3 heterocycles. The molecule has 2 aromatic heterocycles. The molecule has 9 heteroatoms. The van der Waals surface area contributed by atoms with Crippen LogP contribution in [0.25, 0.3) is 0 Å². The molecular formula is C15H23N5O3S. The van der Waals surface area contributed by atoms with Crippen molar-refractivity contribution in [1.29, 1.82) is 0 Å². The molecule has 1 saturated heterocycles. The zero-order chi connectivity index (χ0) is 17.5. The van der Waals surface area contributed by atoms with Crippen molar-refractivity contribution in [2.75, 3.05) is 13.2 Å². The van der Waals surface area contributed by atoms with Gasteiger partial charge in [-0.05, 0) is 26.3 Å². The molecule has 0 radical (unpaired) electrons. The van der Waals surface area contributed by atoms with Crippen LogP contribution in [0, 0.1) is 19.8 Å². The van der Waals surface area contributed by atoms with Crippen LogP contribution in [0.1, 0.15) is 29.5 Å². The van der Waals surface area contributed by atoms with Crippen molar-refractivity contribution in [3.8, 4) is 0 Å². The summed E-state index contributed by atoms with van der Waals surface area (Å²) in [5, 5.41) is 8.51. The minimum absolute atomic E-state index is 0.0783. The van der Waals surface area contributed by atoms with E-state index in [2.05, 4.69) is 14.9 Å². The third kappa shape index (κ3) is 2.99. The lowest BCUT2D eigenvalue weighted by atomic mass is 9.94. The molecule has 0 amide bonds. The highest BCUT2D eigenvalue weighted by Gasteiger charge is 2.34. The van der Waals surface area contributed by atoms with Gasteiger partial charge in [-0.1, -0.05) is 0 Å². The van der Waals surface area contributed by atoms with Crippen molar-refractivity contribution >= 4 is 10.0 Å². The van der Waals surface area contributed by atoms with E-state index in [1.807, 2.05) is 25.6 Å². The fourth-order valence-electron chi connectivity index (χ4n) is 3.28. The smallest absolute Gasteiger partial charge is 0.257 e. The minimum atomic E-state index is -3.58. The Labute approximate surface area is 141 Å². The molecule has 1 fully saturated rings. The highest BCUT2D eigenvalue weighted by molar-refractivity contribution is 7.89. The lowest BCUT2D eigenvalue weighted by Gasteiger charge is -2.19. The molecule has 1 N–H and O–H groups in total. The van der Waals surface area contributed by atoms with Crippen LogP contribution in [0.5, 0.6) is 0 Å². The number of rotatable bonds is 5. The molecule has 2 atom stereocenters. The van der Waals surface area contributed by atoms with Crippen LogP contribution in [0.3, 0.4) is 0 Å². The monoisotopic (exact) mass is 353 g/mol. The van der Waals surface area contributed by atoms with Gasteiger partial charge >= 0.3 is 0 Å². The summed E-state index contributed by atoms with van der Waals surface area (Å²) in [4.78, 5) is 0. The van der Waals surface area contributed by atoms with Gasteiger partial charge in [0.15, 0.2) is 5.03 Å². The van der Waals surface area contributed by atoms with E-state index in [4.69, 9.17) is 4.74 Å². The Kier molecular flexibility index (Phi) is 4.50. The number of ether oxygens (including phenoxy) is 1. The second kappa shape index (κ2) is 6.30. The zero-order valence-corrected chi connectivity index (χ0v) is 15.2. The maximum absolute atomic E-state index is 12.4. The van der Waals surface area contributed by atoms with Gasteiger partial charge in [-0.15, -0.1) is 0 Å². The lowest BCUT2D eigenvalue weighted by Crippen LogP contribution is -2.32. The molecule has 3 rings (SSSR count). The first-order valence-corrected chi connectivity index (χ1v) is 9.39. The van der Waals surface area contributed by atoms with E-state index in [0.717, 1.165) is 23.4 Å². The van der Waals surface area contributed by atoms with Crippen LogP contribution < -0.4 is 4.72 Å². The third-order valence-electron chi connectivity index (χ3n) is 4.65. The average Bonchev–Trinajstić information content (AvgIpc) is 3.19. The zero-order valence-electron chi connectivity index (χ0n) is 14.4. The molecule has 1 aliphatic heterocycles. The number of aryl methyl sites for hydroxylation is 3. The van der Waals surface area contributed by atoms with Crippen LogP contribution in [-0.4, -0.2) is 41.1 Å². The first-order valence-electron chi connectivity index (χ1n) is 7.90. The highest BCUT2D eigenvalue weighted by Crippen LogP contribution is 2.37. The summed E-state index contributed by atoms with van der Waals surface area (Å²) in [5.41, 5.74) is 3.06. The topological polar surface area (TPSA) is 91.0 Å². The van der Waals surface area contributed by atoms with Gasteiger partial charge in [0.1, 0.15) is 0 Å². The van der Waals surface area contributed by atoms with Crippen LogP contribution >= 0.6 is 0 Å². The van der Waals surface area contributed by atoms with Gasteiger partial charge in [-0.25, -0.2) is 13.1 Å². The maximum Gasteiger partial charge on any atom is 0.257 e. The highest BCUT2D eigenvalue weighted by atomic mass is 32.2. The van der Waals surface area contributed by atoms with Crippen LogP contribution in [0.15, 0.2) is 17.3 Å². The Hall–Kier alpha value is -1.71. The van der Waals surface area contributed by atoms with E-state index in [1.165, 1.54) is 16.9 Å². The summed E-state index contributed by atoms with van der Waals surface area (Å²) in [6, 6.07) is 1.49. The Morgan fingerprint density at radius 3 is 2.67 bits per heavy atom. The van der Waals surface area contributed by atoms with Crippen molar-refractivity contribution < 1.29 is 13.2 Å². The minimum Gasteiger partial charge on any atom is -0.373 e. The van der Waals surface area contributed by atoms with E-state index in [9.17, 15) is 8.42 Å². The van der Waals surface area contributed by atoms with Gasteiger partial charge in [-0.2, -0.15) is 10.2 Å². The summed E-state index contributed by atoms with van der Waals surface area (Å²) in [6.07, 6.45) is 2.15. The molecule has 24 heavy (non-hydrogen) atoms. The van der Waals surface area contributed by atoms with Gasteiger partial charge in [0.2, 0.25) is 0 Å². The van der Waals surface area contributed by atoms with Crippen molar-refractivity contribution in [1.82, 2.24) is 24.3 Å². The predicted octanol–water partition coefficient (Wildman–Crippen LogP) is 0.827. The Morgan fingerprint density at radius 2 is 2.08 bits per heavy atom. The van der Waals surface area contributed by atoms with Crippen LogP contribution in [0.4, 0.5) is 0 Å².